The first-order valence-corrected chi connectivity index (χ1v) is 6.38. The summed E-state index contributed by atoms with van der Waals surface area (Å²) in [7, 11) is 0. The highest BCUT2D eigenvalue weighted by atomic mass is 16.2. The highest BCUT2D eigenvalue weighted by molar-refractivity contribution is 5.77. The van der Waals surface area contributed by atoms with E-state index in [4.69, 9.17) is 0 Å². The van der Waals surface area contributed by atoms with Crippen LogP contribution in [0.2, 0.25) is 0 Å². The Kier molecular flexibility index (Phi) is 6.42. The van der Waals surface area contributed by atoms with Crippen LogP contribution >= 0.6 is 0 Å². The molecule has 0 unspecified atom stereocenters. The van der Waals surface area contributed by atoms with Crippen molar-refractivity contribution in [3.63, 3.8) is 0 Å². The molecule has 16 heavy (non-hydrogen) atoms. The van der Waals surface area contributed by atoms with Crippen LogP contribution in [0.3, 0.4) is 0 Å². The highest BCUT2D eigenvalue weighted by Crippen LogP contribution is 2.01. The average molecular weight is 227 g/mol. The van der Waals surface area contributed by atoms with Gasteiger partial charge in [0.1, 0.15) is 0 Å². The molecule has 0 aromatic heterocycles. The third kappa shape index (κ3) is 6.08. The van der Waals surface area contributed by atoms with Crippen molar-refractivity contribution in [2.45, 2.75) is 26.7 Å². The van der Waals surface area contributed by atoms with Gasteiger partial charge in [-0.25, -0.2) is 0 Å². The molecule has 0 aliphatic carbocycles. The SMILES string of the molecule is CC(C)CCCNC(=O)CN1CCNCC1. The minimum absolute atomic E-state index is 0.172. The number of carbonyl (C=O) groups is 1. The fraction of sp³-hybridized carbons (Fsp3) is 0.917. The van der Waals surface area contributed by atoms with E-state index in [1.165, 1.54) is 6.42 Å². The molecule has 0 spiro atoms. The number of hydrogen-bond donors (Lipinski definition) is 2. The Morgan fingerprint density at radius 3 is 2.69 bits per heavy atom. The predicted molar refractivity (Wildman–Crippen MR) is 66.4 cm³/mol. The number of rotatable bonds is 6. The van der Waals surface area contributed by atoms with Crippen LogP contribution in [-0.4, -0.2) is 50.1 Å². The average Bonchev–Trinajstić information content (AvgIpc) is 2.25. The van der Waals surface area contributed by atoms with Gasteiger partial charge in [-0.15, -0.1) is 0 Å². The van der Waals surface area contributed by atoms with Crippen LogP contribution in [0.15, 0.2) is 0 Å². The van der Waals surface area contributed by atoms with E-state index in [1.54, 1.807) is 0 Å². The van der Waals surface area contributed by atoms with Gasteiger partial charge in [-0.3, -0.25) is 9.69 Å². The van der Waals surface area contributed by atoms with Crippen molar-refractivity contribution >= 4 is 5.91 Å². The normalized spacial score (nSPS) is 17.7. The molecule has 0 bridgehead atoms. The smallest absolute Gasteiger partial charge is 0.234 e. The van der Waals surface area contributed by atoms with Gasteiger partial charge in [-0.1, -0.05) is 13.8 Å². The van der Waals surface area contributed by atoms with Gasteiger partial charge in [-0.05, 0) is 18.8 Å². The Bertz CT molecular complexity index is 200. The second-order valence-corrected chi connectivity index (χ2v) is 4.91. The van der Waals surface area contributed by atoms with E-state index >= 15 is 0 Å². The number of hydrogen-bond acceptors (Lipinski definition) is 3. The van der Waals surface area contributed by atoms with Crippen LogP contribution in [0.5, 0.6) is 0 Å². The standard InChI is InChI=1S/C12H25N3O/c1-11(2)4-3-5-14-12(16)10-15-8-6-13-7-9-15/h11,13H,3-10H2,1-2H3,(H,14,16). The monoisotopic (exact) mass is 227 g/mol. The number of nitrogens with one attached hydrogen (secondary N) is 2. The van der Waals surface area contributed by atoms with Gasteiger partial charge in [0.25, 0.3) is 0 Å². The first-order chi connectivity index (χ1) is 7.68. The van der Waals surface area contributed by atoms with Crippen molar-refractivity contribution in [1.82, 2.24) is 15.5 Å². The quantitative estimate of drug-likeness (QED) is 0.647. The van der Waals surface area contributed by atoms with Crippen LogP contribution in [0.25, 0.3) is 0 Å². The van der Waals surface area contributed by atoms with Gasteiger partial charge in [0.2, 0.25) is 5.91 Å². The lowest BCUT2D eigenvalue weighted by Crippen LogP contribution is -2.47. The van der Waals surface area contributed by atoms with Gasteiger partial charge in [0, 0.05) is 32.7 Å². The summed E-state index contributed by atoms with van der Waals surface area (Å²) in [4.78, 5) is 13.8. The molecule has 4 heteroatoms. The van der Waals surface area contributed by atoms with Crippen molar-refractivity contribution < 1.29 is 4.79 Å². The van der Waals surface area contributed by atoms with E-state index in [2.05, 4.69) is 29.4 Å². The van der Waals surface area contributed by atoms with E-state index in [0.29, 0.717) is 6.54 Å². The summed E-state index contributed by atoms with van der Waals surface area (Å²) in [5, 5.41) is 6.26. The lowest BCUT2D eigenvalue weighted by molar-refractivity contribution is -0.122. The van der Waals surface area contributed by atoms with E-state index in [1.807, 2.05) is 0 Å². The molecule has 1 saturated heterocycles. The zero-order valence-electron chi connectivity index (χ0n) is 10.6. The van der Waals surface area contributed by atoms with Crippen LogP contribution in [0.1, 0.15) is 26.7 Å². The Hall–Kier alpha value is -0.610. The number of piperazine rings is 1. The van der Waals surface area contributed by atoms with E-state index in [9.17, 15) is 4.79 Å². The molecule has 0 radical (unpaired) electrons. The zero-order valence-corrected chi connectivity index (χ0v) is 10.6. The van der Waals surface area contributed by atoms with Gasteiger partial charge in [-0.2, -0.15) is 0 Å². The lowest BCUT2D eigenvalue weighted by Gasteiger charge is -2.26. The van der Waals surface area contributed by atoms with Crippen LogP contribution in [0, 0.1) is 5.92 Å². The fourth-order valence-electron chi connectivity index (χ4n) is 1.87. The summed E-state index contributed by atoms with van der Waals surface area (Å²) in [5.74, 6) is 0.899. The molecule has 2 N–H and O–H groups in total. The van der Waals surface area contributed by atoms with Gasteiger partial charge >= 0.3 is 0 Å². The van der Waals surface area contributed by atoms with E-state index in [0.717, 1.165) is 45.1 Å². The topological polar surface area (TPSA) is 44.4 Å². The Morgan fingerprint density at radius 1 is 1.38 bits per heavy atom. The number of carbonyl (C=O) groups excluding carboxylic acids is 1. The van der Waals surface area contributed by atoms with E-state index < -0.39 is 0 Å². The van der Waals surface area contributed by atoms with Crippen molar-refractivity contribution in [2.24, 2.45) is 5.92 Å². The fourth-order valence-corrected chi connectivity index (χ4v) is 1.87. The first kappa shape index (κ1) is 13.5. The van der Waals surface area contributed by atoms with Crippen molar-refractivity contribution in [3.05, 3.63) is 0 Å². The minimum atomic E-state index is 0.172. The molecule has 0 saturated carbocycles. The summed E-state index contributed by atoms with van der Waals surface area (Å²) in [6.45, 7) is 9.78. The predicted octanol–water partition coefficient (Wildman–Crippen LogP) is 0.444. The molecule has 1 heterocycles. The summed E-state index contributed by atoms with van der Waals surface area (Å²) >= 11 is 0. The number of nitrogens with zero attached hydrogens (tertiary/aromatic N) is 1. The number of amides is 1. The van der Waals surface area contributed by atoms with Gasteiger partial charge < -0.3 is 10.6 Å². The molecule has 1 fully saturated rings. The van der Waals surface area contributed by atoms with Gasteiger partial charge in [0.05, 0.1) is 6.54 Å². The third-order valence-corrected chi connectivity index (χ3v) is 2.86. The molecule has 0 atom stereocenters. The second-order valence-electron chi connectivity index (χ2n) is 4.91. The maximum absolute atomic E-state index is 11.6. The van der Waals surface area contributed by atoms with Crippen LogP contribution in [0.4, 0.5) is 0 Å². The molecule has 1 amide bonds. The zero-order chi connectivity index (χ0) is 11.8. The van der Waals surface area contributed by atoms with E-state index in [-0.39, 0.29) is 5.91 Å². The molecular formula is C12H25N3O. The highest BCUT2D eigenvalue weighted by Gasteiger charge is 2.12. The first-order valence-electron chi connectivity index (χ1n) is 6.38. The Balaban J connectivity index is 2.01. The minimum Gasteiger partial charge on any atom is -0.355 e. The largest absolute Gasteiger partial charge is 0.355 e. The lowest BCUT2D eigenvalue weighted by atomic mass is 10.1. The molecule has 0 aromatic rings. The Labute approximate surface area is 98.8 Å². The summed E-state index contributed by atoms with van der Waals surface area (Å²) in [6.07, 6.45) is 2.28. The Morgan fingerprint density at radius 2 is 2.06 bits per heavy atom. The van der Waals surface area contributed by atoms with Crippen LogP contribution < -0.4 is 10.6 Å². The van der Waals surface area contributed by atoms with Crippen molar-refractivity contribution in [1.29, 1.82) is 0 Å². The van der Waals surface area contributed by atoms with Crippen molar-refractivity contribution in [3.8, 4) is 0 Å². The molecule has 0 aromatic carbocycles. The summed E-state index contributed by atoms with van der Waals surface area (Å²) < 4.78 is 0. The van der Waals surface area contributed by atoms with Crippen LogP contribution in [-0.2, 0) is 4.79 Å². The maximum Gasteiger partial charge on any atom is 0.234 e. The molecule has 1 rings (SSSR count). The molecule has 1 aliphatic heterocycles. The molecule has 4 nitrogen and oxygen atoms in total. The molecular weight excluding hydrogens is 202 g/mol. The third-order valence-electron chi connectivity index (χ3n) is 2.86. The molecule has 94 valence electrons. The second kappa shape index (κ2) is 7.63. The van der Waals surface area contributed by atoms with Gasteiger partial charge in [0.15, 0.2) is 0 Å². The van der Waals surface area contributed by atoms with Crippen molar-refractivity contribution in [2.75, 3.05) is 39.3 Å². The maximum atomic E-state index is 11.6. The molecule has 1 aliphatic rings. The summed E-state index contributed by atoms with van der Waals surface area (Å²) in [6, 6.07) is 0. The summed E-state index contributed by atoms with van der Waals surface area (Å²) in [5.41, 5.74) is 0.